The number of nitrogens with one attached hydrogen (secondary N) is 1. The van der Waals surface area contributed by atoms with E-state index in [4.69, 9.17) is 0 Å². The van der Waals surface area contributed by atoms with Crippen molar-refractivity contribution in [1.82, 2.24) is 10.2 Å². The highest BCUT2D eigenvalue weighted by Crippen LogP contribution is 2.18. The molecule has 1 aliphatic rings. The fourth-order valence-corrected chi connectivity index (χ4v) is 2.66. The van der Waals surface area contributed by atoms with Crippen LogP contribution in [0, 0.1) is 5.92 Å². The van der Waals surface area contributed by atoms with Gasteiger partial charge in [0.1, 0.15) is 0 Å². The summed E-state index contributed by atoms with van der Waals surface area (Å²) in [6.07, 6.45) is 2.13. The van der Waals surface area contributed by atoms with Crippen molar-refractivity contribution >= 4 is 5.91 Å². The minimum absolute atomic E-state index is 0.153. The molecule has 1 atom stereocenters. The lowest BCUT2D eigenvalue weighted by molar-refractivity contribution is -0.127. The molecule has 0 aromatic heterocycles. The largest absolute Gasteiger partial charge is 0.354 e. The predicted molar refractivity (Wildman–Crippen MR) is 77.7 cm³/mol. The fraction of sp³-hybridized carbons (Fsp3) is 0.562. The van der Waals surface area contributed by atoms with E-state index in [9.17, 15) is 4.79 Å². The lowest BCUT2D eigenvalue weighted by atomic mass is 9.96. The molecule has 104 valence electrons. The van der Waals surface area contributed by atoms with Gasteiger partial charge in [-0.05, 0) is 38.8 Å². The van der Waals surface area contributed by atoms with E-state index in [1.54, 1.807) is 0 Å². The number of amides is 1. The highest BCUT2D eigenvalue weighted by Gasteiger charge is 2.25. The highest BCUT2D eigenvalue weighted by molar-refractivity contribution is 5.79. The molecule has 3 nitrogen and oxygen atoms in total. The summed E-state index contributed by atoms with van der Waals surface area (Å²) in [6.45, 7) is 6.96. The minimum Gasteiger partial charge on any atom is -0.354 e. The maximum absolute atomic E-state index is 12.1. The molecule has 1 N–H and O–H groups in total. The standard InChI is InChI=1S/C16H24N2O/c1-13(2)17-16(19)15-9-6-10-18(12-15)11-14-7-4-3-5-8-14/h3-5,7-8,13,15H,6,9-12H2,1-2H3,(H,17,19)/t15-/m0/s1. The number of benzene rings is 1. The van der Waals surface area contributed by atoms with Crippen molar-refractivity contribution in [1.29, 1.82) is 0 Å². The molecule has 2 rings (SSSR count). The first kappa shape index (κ1) is 14.1. The molecule has 0 aliphatic carbocycles. The molecule has 1 amide bonds. The first-order valence-corrected chi connectivity index (χ1v) is 7.22. The molecule has 1 aromatic rings. The number of hydrogen-bond acceptors (Lipinski definition) is 2. The molecule has 0 bridgehead atoms. The van der Waals surface area contributed by atoms with Crippen LogP contribution in [0.1, 0.15) is 32.3 Å². The molecule has 1 heterocycles. The third kappa shape index (κ3) is 4.35. The van der Waals surface area contributed by atoms with Gasteiger partial charge in [0.25, 0.3) is 0 Å². The van der Waals surface area contributed by atoms with Gasteiger partial charge in [-0.1, -0.05) is 30.3 Å². The van der Waals surface area contributed by atoms with Crippen LogP contribution >= 0.6 is 0 Å². The Balaban J connectivity index is 1.88. The van der Waals surface area contributed by atoms with E-state index >= 15 is 0 Å². The summed E-state index contributed by atoms with van der Waals surface area (Å²) in [4.78, 5) is 14.5. The molecular weight excluding hydrogens is 236 g/mol. The quantitative estimate of drug-likeness (QED) is 0.901. The summed E-state index contributed by atoms with van der Waals surface area (Å²) >= 11 is 0. The molecule has 0 unspecified atom stereocenters. The third-order valence-corrected chi connectivity index (χ3v) is 3.56. The monoisotopic (exact) mass is 260 g/mol. The highest BCUT2D eigenvalue weighted by atomic mass is 16.2. The van der Waals surface area contributed by atoms with Crippen LogP contribution in [-0.4, -0.2) is 29.9 Å². The van der Waals surface area contributed by atoms with Gasteiger partial charge in [0.2, 0.25) is 5.91 Å². The maximum Gasteiger partial charge on any atom is 0.224 e. The van der Waals surface area contributed by atoms with Crippen molar-refractivity contribution in [3.05, 3.63) is 35.9 Å². The smallest absolute Gasteiger partial charge is 0.224 e. The molecule has 1 aliphatic heterocycles. The van der Waals surface area contributed by atoms with E-state index in [1.165, 1.54) is 5.56 Å². The molecule has 19 heavy (non-hydrogen) atoms. The van der Waals surface area contributed by atoms with Crippen molar-refractivity contribution < 1.29 is 4.79 Å². The average molecular weight is 260 g/mol. The first-order valence-electron chi connectivity index (χ1n) is 7.22. The van der Waals surface area contributed by atoms with Crippen LogP contribution in [0.25, 0.3) is 0 Å². The Morgan fingerprint density at radius 2 is 2.11 bits per heavy atom. The van der Waals surface area contributed by atoms with Crippen molar-refractivity contribution in [2.24, 2.45) is 5.92 Å². The molecule has 0 spiro atoms. The second kappa shape index (κ2) is 6.71. The zero-order valence-electron chi connectivity index (χ0n) is 11.9. The topological polar surface area (TPSA) is 32.3 Å². The lowest BCUT2D eigenvalue weighted by Crippen LogP contribution is -2.44. The molecule has 1 aromatic carbocycles. The summed E-state index contributed by atoms with van der Waals surface area (Å²) in [7, 11) is 0. The zero-order chi connectivity index (χ0) is 13.7. The summed E-state index contributed by atoms with van der Waals surface area (Å²) in [5, 5.41) is 3.03. The molecule has 1 saturated heterocycles. The lowest BCUT2D eigenvalue weighted by Gasteiger charge is -2.32. The van der Waals surface area contributed by atoms with Gasteiger partial charge in [0, 0.05) is 19.1 Å². The number of carbonyl (C=O) groups excluding carboxylic acids is 1. The predicted octanol–water partition coefficient (Wildman–Crippen LogP) is 2.42. The Labute approximate surface area is 116 Å². The van der Waals surface area contributed by atoms with Crippen LogP contribution in [0.4, 0.5) is 0 Å². The van der Waals surface area contributed by atoms with Gasteiger partial charge in [0.15, 0.2) is 0 Å². The third-order valence-electron chi connectivity index (χ3n) is 3.56. The average Bonchev–Trinajstić information content (AvgIpc) is 2.39. The Morgan fingerprint density at radius 3 is 2.79 bits per heavy atom. The van der Waals surface area contributed by atoms with E-state index in [0.29, 0.717) is 0 Å². The van der Waals surface area contributed by atoms with Gasteiger partial charge in [-0.3, -0.25) is 9.69 Å². The number of nitrogens with zero attached hydrogens (tertiary/aromatic N) is 1. The first-order chi connectivity index (χ1) is 9.15. The Hall–Kier alpha value is -1.35. The van der Waals surface area contributed by atoms with E-state index in [0.717, 1.165) is 32.5 Å². The maximum atomic E-state index is 12.1. The van der Waals surface area contributed by atoms with Crippen LogP contribution in [0.5, 0.6) is 0 Å². The number of carbonyl (C=O) groups is 1. The van der Waals surface area contributed by atoms with Crippen LogP contribution in [-0.2, 0) is 11.3 Å². The van der Waals surface area contributed by atoms with Gasteiger partial charge in [-0.25, -0.2) is 0 Å². The van der Waals surface area contributed by atoms with E-state index < -0.39 is 0 Å². The Morgan fingerprint density at radius 1 is 1.37 bits per heavy atom. The second-order valence-corrected chi connectivity index (χ2v) is 5.72. The zero-order valence-corrected chi connectivity index (χ0v) is 11.9. The van der Waals surface area contributed by atoms with Gasteiger partial charge >= 0.3 is 0 Å². The number of likely N-dealkylation sites (tertiary alicyclic amines) is 1. The van der Waals surface area contributed by atoms with Crippen molar-refractivity contribution in [2.45, 2.75) is 39.3 Å². The van der Waals surface area contributed by atoms with Crippen LogP contribution < -0.4 is 5.32 Å². The molecule has 1 fully saturated rings. The summed E-state index contributed by atoms with van der Waals surface area (Å²) < 4.78 is 0. The number of piperidine rings is 1. The van der Waals surface area contributed by atoms with Crippen molar-refractivity contribution in [3.63, 3.8) is 0 Å². The number of rotatable bonds is 4. The SMILES string of the molecule is CC(C)NC(=O)[C@H]1CCCN(Cc2ccccc2)C1. The van der Waals surface area contributed by atoms with Gasteiger partial charge in [0.05, 0.1) is 5.92 Å². The van der Waals surface area contributed by atoms with E-state index in [-0.39, 0.29) is 17.9 Å². The van der Waals surface area contributed by atoms with Gasteiger partial charge < -0.3 is 5.32 Å². The fourth-order valence-electron chi connectivity index (χ4n) is 2.66. The van der Waals surface area contributed by atoms with Crippen molar-refractivity contribution in [2.75, 3.05) is 13.1 Å². The minimum atomic E-state index is 0.153. The van der Waals surface area contributed by atoms with Crippen LogP contribution in [0.3, 0.4) is 0 Å². The van der Waals surface area contributed by atoms with Crippen molar-refractivity contribution in [3.8, 4) is 0 Å². The molecular formula is C16H24N2O. The Bertz CT molecular complexity index is 402. The normalized spacial score (nSPS) is 20.5. The van der Waals surface area contributed by atoms with Gasteiger partial charge in [-0.15, -0.1) is 0 Å². The van der Waals surface area contributed by atoms with Gasteiger partial charge in [-0.2, -0.15) is 0 Å². The molecule has 0 radical (unpaired) electrons. The number of hydrogen-bond donors (Lipinski definition) is 1. The van der Waals surface area contributed by atoms with Crippen LogP contribution in [0.2, 0.25) is 0 Å². The summed E-state index contributed by atoms with van der Waals surface area (Å²) in [5.74, 6) is 0.368. The molecule has 3 heteroatoms. The Kier molecular flexibility index (Phi) is 4.97. The summed E-state index contributed by atoms with van der Waals surface area (Å²) in [6, 6.07) is 10.7. The van der Waals surface area contributed by atoms with Crippen LogP contribution in [0.15, 0.2) is 30.3 Å². The van der Waals surface area contributed by atoms with E-state index in [2.05, 4.69) is 34.5 Å². The summed E-state index contributed by atoms with van der Waals surface area (Å²) in [5.41, 5.74) is 1.33. The second-order valence-electron chi connectivity index (χ2n) is 5.72. The van der Waals surface area contributed by atoms with E-state index in [1.807, 2.05) is 19.9 Å². The molecule has 0 saturated carbocycles.